The molecule has 12 heteroatoms. The third-order valence-corrected chi connectivity index (χ3v) is 5.85. The van der Waals surface area contributed by atoms with E-state index in [1.54, 1.807) is 6.07 Å². The summed E-state index contributed by atoms with van der Waals surface area (Å²) in [6, 6.07) is 5.08. The van der Waals surface area contributed by atoms with E-state index in [-0.39, 0.29) is 10.9 Å². The van der Waals surface area contributed by atoms with Crippen LogP contribution in [-0.2, 0) is 9.59 Å². The molecule has 4 amide bonds. The lowest BCUT2D eigenvalue weighted by molar-refractivity contribution is -0.139. The van der Waals surface area contributed by atoms with Crippen LogP contribution in [0.15, 0.2) is 29.4 Å². The van der Waals surface area contributed by atoms with E-state index in [1.807, 2.05) is 0 Å². The van der Waals surface area contributed by atoms with Gasteiger partial charge in [0.2, 0.25) is 11.1 Å². The van der Waals surface area contributed by atoms with Crippen LogP contribution in [0.2, 0.25) is 0 Å². The first kappa shape index (κ1) is 19.3. The lowest BCUT2D eigenvalue weighted by Gasteiger charge is -2.30. The zero-order valence-electron chi connectivity index (χ0n) is 15.3. The molecule has 2 N–H and O–H groups in total. The molecule has 1 saturated carbocycles. The number of aromatic nitrogens is 4. The molecule has 0 atom stereocenters. The highest BCUT2D eigenvalue weighted by Gasteiger charge is 2.52. The van der Waals surface area contributed by atoms with E-state index in [0.29, 0.717) is 18.5 Å². The third-order valence-electron chi connectivity index (χ3n) is 4.93. The van der Waals surface area contributed by atoms with Gasteiger partial charge in [0, 0.05) is 0 Å². The molecule has 29 heavy (non-hydrogen) atoms. The fourth-order valence-corrected chi connectivity index (χ4v) is 4.23. The molecule has 2 fully saturated rings. The van der Waals surface area contributed by atoms with Gasteiger partial charge < -0.3 is 5.32 Å². The van der Waals surface area contributed by atoms with Crippen LogP contribution < -0.4 is 10.7 Å². The van der Waals surface area contributed by atoms with Crippen molar-refractivity contribution < 1.29 is 18.8 Å². The molecule has 2 heterocycles. The number of urea groups is 1. The quantitative estimate of drug-likeness (QED) is 0.551. The summed E-state index contributed by atoms with van der Waals surface area (Å²) in [5.74, 6) is -1.56. The number of carbonyl (C=O) groups excluding carboxylic acids is 3. The Labute approximate surface area is 169 Å². The second-order valence-electron chi connectivity index (χ2n) is 6.89. The van der Waals surface area contributed by atoms with Gasteiger partial charge in [-0.05, 0) is 41.5 Å². The summed E-state index contributed by atoms with van der Waals surface area (Å²) in [5, 5.41) is 14.9. The fraction of sp³-hybridized carbons (Fsp3) is 0.412. The number of rotatable bonds is 5. The Balaban J connectivity index is 1.38. The van der Waals surface area contributed by atoms with Crippen LogP contribution in [-0.4, -0.2) is 54.4 Å². The molecule has 1 aromatic heterocycles. The van der Waals surface area contributed by atoms with Crippen molar-refractivity contribution in [2.24, 2.45) is 0 Å². The lowest BCUT2D eigenvalue weighted by atomic mass is 9.82. The minimum Gasteiger partial charge on any atom is -0.322 e. The maximum absolute atomic E-state index is 13.4. The Kier molecular flexibility index (Phi) is 5.18. The first-order valence-corrected chi connectivity index (χ1v) is 10.1. The minimum absolute atomic E-state index is 0.139. The summed E-state index contributed by atoms with van der Waals surface area (Å²) in [4.78, 5) is 37.2. The van der Waals surface area contributed by atoms with Crippen molar-refractivity contribution in [3.63, 3.8) is 0 Å². The van der Waals surface area contributed by atoms with Crippen LogP contribution in [0.1, 0.15) is 32.1 Å². The van der Waals surface area contributed by atoms with Crippen molar-refractivity contribution in [2.45, 2.75) is 42.8 Å². The molecule has 1 aromatic carbocycles. The Morgan fingerprint density at radius 3 is 2.83 bits per heavy atom. The summed E-state index contributed by atoms with van der Waals surface area (Å²) in [6.45, 7) is 0. The molecule has 152 valence electrons. The number of benzene rings is 1. The minimum atomic E-state index is -0.906. The average molecular weight is 419 g/mol. The molecular formula is C17H18FN7O3S. The van der Waals surface area contributed by atoms with Crippen LogP contribution in [0, 0.1) is 5.82 Å². The number of hydrogen-bond acceptors (Lipinski definition) is 7. The van der Waals surface area contributed by atoms with Crippen molar-refractivity contribution in [3.8, 4) is 5.69 Å². The smallest absolute Gasteiger partial charge is 0.322 e. The summed E-state index contributed by atoms with van der Waals surface area (Å²) < 4.78 is 14.7. The van der Waals surface area contributed by atoms with E-state index in [4.69, 9.17) is 0 Å². The number of nitrogens with one attached hydrogen (secondary N) is 2. The van der Waals surface area contributed by atoms with Crippen LogP contribution in [0.5, 0.6) is 0 Å². The van der Waals surface area contributed by atoms with Gasteiger partial charge in [-0.15, -0.1) is 5.10 Å². The first-order valence-electron chi connectivity index (χ1n) is 9.12. The van der Waals surface area contributed by atoms with E-state index in [9.17, 15) is 18.8 Å². The van der Waals surface area contributed by atoms with Crippen LogP contribution in [0.4, 0.5) is 9.18 Å². The zero-order chi connectivity index (χ0) is 20.4. The van der Waals surface area contributed by atoms with Crippen LogP contribution >= 0.6 is 11.8 Å². The number of nitrogens with zero attached hydrogens (tertiary/aromatic N) is 5. The number of thioether (sulfide) groups is 1. The highest BCUT2D eigenvalue weighted by atomic mass is 32.2. The molecule has 2 aromatic rings. The third kappa shape index (κ3) is 3.79. The van der Waals surface area contributed by atoms with Gasteiger partial charge in [0.25, 0.3) is 5.91 Å². The SMILES string of the molecule is O=C(CSc1nnnn1-c1cccc(F)c1)NN1C(=O)NC2(CCCCC2)C1=O. The van der Waals surface area contributed by atoms with Gasteiger partial charge in [-0.2, -0.15) is 9.69 Å². The van der Waals surface area contributed by atoms with Gasteiger partial charge in [0.1, 0.15) is 11.4 Å². The Bertz CT molecular complexity index is 960. The predicted octanol–water partition coefficient (Wildman–Crippen LogP) is 1.18. The summed E-state index contributed by atoms with van der Waals surface area (Å²) in [5.41, 5.74) is 1.86. The molecule has 1 aliphatic heterocycles. The standard InChI is InChI=1S/C17H18FN7O3S/c18-11-5-4-6-12(9-11)24-16(20-22-23-24)29-10-13(26)21-25-14(27)17(19-15(25)28)7-2-1-3-8-17/h4-6,9H,1-3,7-8,10H2,(H,19,28)(H,21,26). The van der Waals surface area contributed by atoms with Crippen molar-refractivity contribution in [3.05, 3.63) is 30.1 Å². The van der Waals surface area contributed by atoms with Crippen molar-refractivity contribution >= 4 is 29.6 Å². The van der Waals surface area contributed by atoms with E-state index >= 15 is 0 Å². The number of hydrazine groups is 1. The summed E-state index contributed by atoms with van der Waals surface area (Å²) in [7, 11) is 0. The number of halogens is 1. The van der Waals surface area contributed by atoms with Gasteiger partial charge in [0.15, 0.2) is 0 Å². The Hall–Kier alpha value is -3.02. The molecule has 1 aliphatic carbocycles. The van der Waals surface area contributed by atoms with Gasteiger partial charge in [-0.25, -0.2) is 9.18 Å². The monoisotopic (exact) mass is 419 g/mol. The number of imide groups is 1. The zero-order valence-corrected chi connectivity index (χ0v) is 16.1. The highest BCUT2D eigenvalue weighted by Crippen LogP contribution is 2.33. The normalized spacial score (nSPS) is 18.2. The number of amides is 4. The molecular weight excluding hydrogens is 401 g/mol. The first-order chi connectivity index (χ1) is 14.0. The van der Waals surface area contributed by atoms with Crippen molar-refractivity contribution in [2.75, 3.05) is 5.75 Å². The number of tetrazole rings is 1. The van der Waals surface area contributed by atoms with E-state index < -0.39 is 29.2 Å². The largest absolute Gasteiger partial charge is 0.344 e. The summed E-state index contributed by atoms with van der Waals surface area (Å²) >= 11 is 0.998. The van der Waals surface area contributed by atoms with Crippen molar-refractivity contribution in [1.29, 1.82) is 0 Å². The predicted molar refractivity (Wildman–Crippen MR) is 99.2 cm³/mol. The maximum Gasteiger partial charge on any atom is 0.344 e. The van der Waals surface area contributed by atoms with Crippen LogP contribution in [0.3, 0.4) is 0 Å². The van der Waals surface area contributed by atoms with E-state index in [0.717, 1.165) is 36.0 Å². The molecule has 2 aliphatic rings. The maximum atomic E-state index is 13.4. The van der Waals surface area contributed by atoms with Gasteiger partial charge >= 0.3 is 6.03 Å². The molecule has 1 spiro atoms. The van der Waals surface area contributed by atoms with Gasteiger partial charge in [-0.3, -0.25) is 15.0 Å². The molecule has 0 bridgehead atoms. The molecule has 0 radical (unpaired) electrons. The second-order valence-corrected chi connectivity index (χ2v) is 7.83. The fourth-order valence-electron chi connectivity index (χ4n) is 3.54. The lowest BCUT2D eigenvalue weighted by Crippen LogP contribution is -2.51. The molecule has 1 saturated heterocycles. The highest BCUT2D eigenvalue weighted by molar-refractivity contribution is 7.99. The second kappa shape index (κ2) is 7.78. The van der Waals surface area contributed by atoms with E-state index in [2.05, 4.69) is 26.3 Å². The van der Waals surface area contributed by atoms with Crippen molar-refractivity contribution in [1.82, 2.24) is 36.0 Å². The molecule has 10 nitrogen and oxygen atoms in total. The van der Waals surface area contributed by atoms with Gasteiger partial charge in [0.05, 0.1) is 11.4 Å². The number of carbonyl (C=O) groups is 3. The van der Waals surface area contributed by atoms with Crippen LogP contribution in [0.25, 0.3) is 5.69 Å². The Morgan fingerprint density at radius 1 is 1.28 bits per heavy atom. The molecule has 4 rings (SSSR count). The summed E-state index contributed by atoms with van der Waals surface area (Å²) in [6.07, 6.45) is 3.87. The van der Waals surface area contributed by atoms with Gasteiger partial charge in [-0.1, -0.05) is 37.1 Å². The topological polar surface area (TPSA) is 122 Å². The average Bonchev–Trinajstić information content (AvgIpc) is 3.26. The molecule has 0 unspecified atom stereocenters. The Morgan fingerprint density at radius 2 is 2.07 bits per heavy atom. The number of hydrogen-bond donors (Lipinski definition) is 2. The van der Waals surface area contributed by atoms with E-state index in [1.165, 1.54) is 22.9 Å².